The van der Waals surface area contributed by atoms with Crippen LogP contribution in [0.1, 0.15) is 15.9 Å². The lowest BCUT2D eigenvalue weighted by atomic mass is 10.2. The first-order valence-corrected chi connectivity index (χ1v) is 7.12. The molecule has 1 N–H and O–H groups in total. The van der Waals surface area contributed by atoms with E-state index in [0.29, 0.717) is 11.4 Å². The van der Waals surface area contributed by atoms with Gasteiger partial charge in [0.2, 0.25) is 5.88 Å². The number of hydrogen-bond donors (Lipinski definition) is 1. The van der Waals surface area contributed by atoms with E-state index >= 15 is 0 Å². The lowest BCUT2D eigenvalue weighted by molar-refractivity contribution is 0.0955. The smallest absolute Gasteiger partial charge is 0.259 e. The van der Waals surface area contributed by atoms with Crippen LogP contribution in [0.3, 0.4) is 0 Å². The van der Waals surface area contributed by atoms with Gasteiger partial charge in [-0.3, -0.25) is 9.48 Å². The van der Waals surface area contributed by atoms with Crippen LogP contribution in [-0.2, 0) is 7.05 Å². The molecule has 0 aliphatic heterocycles. The highest BCUT2D eigenvalue weighted by molar-refractivity contribution is 5.96. The van der Waals surface area contributed by atoms with Crippen LogP contribution in [0.15, 0.2) is 30.5 Å². The van der Waals surface area contributed by atoms with E-state index in [2.05, 4.69) is 22.3 Å². The Morgan fingerprint density at radius 3 is 2.87 bits per heavy atom. The quantitative estimate of drug-likeness (QED) is 0.851. The summed E-state index contributed by atoms with van der Waals surface area (Å²) >= 11 is 0. The van der Waals surface area contributed by atoms with Crippen molar-refractivity contribution in [1.82, 2.24) is 15.1 Å². The number of amides is 1. The molecule has 0 radical (unpaired) electrons. The van der Waals surface area contributed by atoms with Crippen molar-refractivity contribution in [3.8, 4) is 23.5 Å². The third-order valence-electron chi connectivity index (χ3n) is 3.09. The highest BCUT2D eigenvalue weighted by Gasteiger charge is 2.15. The molecule has 0 aliphatic carbocycles. The minimum Gasteiger partial charge on any atom is -0.481 e. The number of carbonyl (C=O) groups is 1. The summed E-state index contributed by atoms with van der Waals surface area (Å²) in [7, 11) is 3.20. The number of nitrogens with one attached hydrogen (secondary N) is 1. The van der Waals surface area contributed by atoms with Crippen LogP contribution in [0.5, 0.6) is 11.6 Å². The maximum Gasteiger partial charge on any atom is 0.259 e. The minimum atomic E-state index is -0.274. The molecule has 1 aromatic heterocycles. The Morgan fingerprint density at radius 2 is 2.13 bits per heavy atom. The molecule has 1 aromatic carbocycles. The van der Waals surface area contributed by atoms with Crippen LogP contribution in [-0.4, -0.2) is 35.9 Å². The van der Waals surface area contributed by atoms with Crippen molar-refractivity contribution < 1.29 is 14.3 Å². The number of hydrogen-bond acceptors (Lipinski definition) is 4. The molecule has 0 aliphatic rings. The summed E-state index contributed by atoms with van der Waals surface area (Å²) < 4.78 is 12.1. The maximum atomic E-state index is 12.0. The van der Waals surface area contributed by atoms with Crippen molar-refractivity contribution in [2.24, 2.45) is 7.05 Å². The van der Waals surface area contributed by atoms with Crippen LogP contribution in [0.4, 0.5) is 0 Å². The summed E-state index contributed by atoms with van der Waals surface area (Å²) in [5, 5.41) is 6.72. The number of methoxy groups -OCH3 is 1. The molecule has 0 bridgehead atoms. The van der Waals surface area contributed by atoms with Gasteiger partial charge in [-0.2, -0.15) is 0 Å². The van der Waals surface area contributed by atoms with Crippen LogP contribution in [0.2, 0.25) is 0 Å². The topological polar surface area (TPSA) is 65.4 Å². The number of aromatic nitrogens is 2. The van der Waals surface area contributed by atoms with E-state index in [1.54, 1.807) is 13.2 Å². The minimum absolute atomic E-state index is 0.230. The maximum absolute atomic E-state index is 12.0. The summed E-state index contributed by atoms with van der Waals surface area (Å²) in [6.07, 6.45) is 1.60. The van der Waals surface area contributed by atoms with Gasteiger partial charge in [-0.1, -0.05) is 30.0 Å². The van der Waals surface area contributed by atoms with Gasteiger partial charge in [0.05, 0.1) is 13.7 Å². The number of ether oxygens (including phenoxy) is 2. The SMILES string of the molecule is COc1nn(C)cc1C(=O)NCC#CCOc1ccccc1C. The summed E-state index contributed by atoms with van der Waals surface area (Å²) in [6, 6.07) is 7.74. The molecule has 2 rings (SSSR count). The molecule has 0 spiro atoms. The zero-order valence-corrected chi connectivity index (χ0v) is 13.4. The molecule has 2 aromatic rings. The molecular weight excluding hydrogens is 294 g/mol. The van der Waals surface area contributed by atoms with E-state index in [1.165, 1.54) is 11.8 Å². The molecule has 0 saturated heterocycles. The van der Waals surface area contributed by atoms with Crippen LogP contribution >= 0.6 is 0 Å². The summed E-state index contributed by atoms with van der Waals surface area (Å²) in [5.74, 6) is 6.54. The normalized spacial score (nSPS) is 9.70. The van der Waals surface area contributed by atoms with Gasteiger partial charge in [-0.05, 0) is 18.6 Å². The molecule has 0 atom stereocenters. The van der Waals surface area contributed by atoms with Gasteiger partial charge in [-0.15, -0.1) is 5.10 Å². The number of carbonyl (C=O) groups excluding carboxylic acids is 1. The van der Waals surface area contributed by atoms with E-state index in [0.717, 1.165) is 11.3 Å². The summed E-state index contributed by atoms with van der Waals surface area (Å²) in [4.78, 5) is 12.0. The van der Waals surface area contributed by atoms with Crippen molar-refractivity contribution >= 4 is 5.91 Å². The van der Waals surface area contributed by atoms with Crippen molar-refractivity contribution in [3.63, 3.8) is 0 Å². The molecule has 1 amide bonds. The van der Waals surface area contributed by atoms with Gasteiger partial charge in [0.25, 0.3) is 5.91 Å². The van der Waals surface area contributed by atoms with Gasteiger partial charge in [0, 0.05) is 13.2 Å². The largest absolute Gasteiger partial charge is 0.481 e. The Balaban J connectivity index is 1.79. The Morgan fingerprint density at radius 1 is 1.35 bits per heavy atom. The van der Waals surface area contributed by atoms with E-state index in [-0.39, 0.29) is 19.1 Å². The molecule has 23 heavy (non-hydrogen) atoms. The first kappa shape index (κ1) is 16.4. The van der Waals surface area contributed by atoms with Crippen LogP contribution in [0, 0.1) is 18.8 Å². The molecule has 1 heterocycles. The Labute approximate surface area is 135 Å². The summed E-state index contributed by atoms with van der Waals surface area (Å²) in [5.41, 5.74) is 1.44. The predicted molar refractivity (Wildman–Crippen MR) is 86.5 cm³/mol. The summed E-state index contributed by atoms with van der Waals surface area (Å²) in [6.45, 7) is 2.48. The molecule has 0 fully saturated rings. The van der Waals surface area contributed by atoms with E-state index in [4.69, 9.17) is 9.47 Å². The Kier molecular flexibility index (Phi) is 5.64. The number of benzene rings is 1. The lowest BCUT2D eigenvalue weighted by Crippen LogP contribution is -2.23. The first-order chi connectivity index (χ1) is 11.1. The van der Waals surface area contributed by atoms with Gasteiger partial charge >= 0.3 is 0 Å². The van der Waals surface area contributed by atoms with E-state index < -0.39 is 0 Å². The fourth-order valence-electron chi connectivity index (χ4n) is 1.94. The Hall–Kier alpha value is -2.94. The lowest BCUT2D eigenvalue weighted by Gasteiger charge is -2.04. The number of nitrogens with zero attached hydrogens (tertiary/aromatic N) is 2. The third kappa shape index (κ3) is 4.51. The van der Waals surface area contributed by atoms with E-state index in [1.807, 2.05) is 31.2 Å². The van der Waals surface area contributed by atoms with Crippen LogP contribution < -0.4 is 14.8 Å². The van der Waals surface area contributed by atoms with E-state index in [9.17, 15) is 4.79 Å². The molecular formula is C17H19N3O3. The van der Waals surface area contributed by atoms with Gasteiger partial charge in [0.15, 0.2) is 0 Å². The molecule has 0 unspecified atom stereocenters. The number of aryl methyl sites for hydroxylation is 2. The number of para-hydroxylation sites is 1. The average molecular weight is 313 g/mol. The predicted octanol–water partition coefficient (Wildman–Crippen LogP) is 1.55. The second kappa shape index (κ2) is 7.90. The van der Waals surface area contributed by atoms with Crippen molar-refractivity contribution in [3.05, 3.63) is 41.6 Å². The first-order valence-electron chi connectivity index (χ1n) is 7.12. The monoisotopic (exact) mass is 313 g/mol. The highest BCUT2D eigenvalue weighted by Crippen LogP contribution is 2.15. The van der Waals surface area contributed by atoms with Gasteiger partial charge < -0.3 is 14.8 Å². The van der Waals surface area contributed by atoms with Crippen molar-refractivity contribution in [2.45, 2.75) is 6.92 Å². The number of rotatable bonds is 5. The molecule has 6 heteroatoms. The molecule has 6 nitrogen and oxygen atoms in total. The van der Waals surface area contributed by atoms with Crippen LogP contribution in [0.25, 0.3) is 0 Å². The highest BCUT2D eigenvalue weighted by atomic mass is 16.5. The molecule has 0 saturated carbocycles. The second-order valence-corrected chi connectivity index (χ2v) is 4.82. The Bertz CT molecular complexity index is 741. The zero-order valence-electron chi connectivity index (χ0n) is 13.4. The van der Waals surface area contributed by atoms with Gasteiger partial charge in [0.1, 0.15) is 17.9 Å². The fraction of sp³-hybridized carbons (Fsp3) is 0.294. The van der Waals surface area contributed by atoms with Crippen molar-refractivity contribution in [1.29, 1.82) is 0 Å². The van der Waals surface area contributed by atoms with Gasteiger partial charge in [-0.25, -0.2) is 0 Å². The average Bonchev–Trinajstić information content (AvgIpc) is 2.93. The standard InChI is InChI=1S/C17H19N3O3/c1-13-8-4-5-9-15(13)23-11-7-6-10-18-16(21)14-12-20(2)19-17(14)22-3/h4-5,8-9,12H,10-11H2,1-3H3,(H,18,21). The fourth-order valence-corrected chi connectivity index (χ4v) is 1.94. The third-order valence-corrected chi connectivity index (χ3v) is 3.09. The van der Waals surface area contributed by atoms with Crippen molar-refractivity contribution in [2.75, 3.05) is 20.3 Å². The molecule has 120 valence electrons. The zero-order chi connectivity index (χ0) is 16.7. The second-order valence-electron chi connectivity index (χ2n) is 4.82.